The van der Waals surface area contributed by atoms with E-state index in [2.05, 4.69) is 26.6 Å². The summed E-state index contributed by atoms with van der Waals surface area (Å²) in [4.78, 5) is 25.2. The molecule has 0 aliphatic rings. The van der Waals surface area contributed by atoms with Gasteiger partial charge in [0.05, 0.1) is 10.9 Å². The van der Waals surface area contributed by atoms with Crippen LogP contribution in [0.5, 0.6) is 0 Å². The summed E-state index contributed by atoms with van der Waals surface area (Å²) in [7, 11) is 0. The van der Waals surface area contributed by atoms with Crippen molar-refractivity contribution in [1.82, 2.24) is 0 Å². The molecule has 0 radical (unpaired) electrons. The molecule has 0 aliphatic carbocycles. The van der Waals surface area contributed by atoms with E-state index in [0.29, 0.717) is 16.6 Å². The molecule has 2 aromatic rings. The van der Waals surface area contributed by atoms with Gasteiger partial charge in [-0.15, -0.1) is 11.8 Å². The molecule has 4 nitrogen and oxygen atoms in total. The summed E-state index contributed by atoms with van der Waals surface area (Å²) in [5.74, 6) is -0.804. The molecular weight excluding hydrogens is 443 g/mol. The molecule has 0 spiro atoms. The number of thioether (sulfide) groups is 1. The molecule has 0 fully saturated rings. The van der Waals surface area contributed by atoms with Crippen LogP contribution in [0.25, 0.3) is 0 Å². The molecule has 7 heteroatoms. The number of hydrogen-bond donors (Lipinski definition) is 2. The fraction of sp³-hybridized carbons (Fsp3) is 0.333. The third-order valence-corrected chi connectivity index (χ3v) is 5.31. The van der Waals surface area contributed by atoms with Crippen molar-refractivity contribution < 1.29 is 14.0 Å². The van der Waals surface area contributed by atoms with E-state index >= 15 is 0 Å². The predicted molar refractivity (Wildman–Crippen MR) is 117 cm³/mol. The van der Waals surface area contributed by atoms with Gasteiger partial charge in [-0.05, 0) is 54.8 Å². The Morgan fingerprint density at radius 2 is 1.75 bits per heavy atom. The maximum atomic E-state index is 13.9. The lowest BCUT2D eigenvalue weighted by atomic mass is 9.92. The molecule has 0 aliphatic heterocycles. The first-order valence-electron chi connectivity index (χ1n) is 8.86. The lowest BCUT2D eigenvalue weighted by Gasteiger charge is -2.17. The van der Waals surface area contributed by atoms with Gasteiger partial charge < -0.3 is 10.6 Å². The summed E-state index contributed by atoms with van der Waals surface area (Å²) in [5, 5.41) is 5.06. The standard InChI is InChI=1S/C21H24BrFN2O2S/c1-13(20(27)25-18-10-5-14(22)11-17(18)23)28-16-8-6-15(7-9-16)24-19(26)12-21(2,3)4/h5-11,13H,12H2,1-4H3,(H,24,26)(H,25,27). The highest BCUT2D eigenvalue weighted by Crippen LogP contribution is 2.27. The van der Waals surface area contributed by atoms with Gasteiger partial charge in [-0.2, -0.15) is 0 Å². The van der Waals surface area contributed by atoms with E-state index in [1.807, 2.05) is 45.0 Å². The van der Waals surface area contributed by atoms with Crippen molar-refractivity contribution in [2.45, 2.75) is 44.3 Å². The van der Waals surface area contributed by atoms with Crippen molar-refractivity contribution in [2.75, 3.05) is 10.6 Å². The maximum absolute atomic E-state index is 13.9. The van der Waals surface area contributed by atoms with Crippen LogP contribution in [0.1, 0.15) is 34.1 Å². The van der Waals surface area contributed by atoms with E-state index in [1.165, 1.54) is 23.9 Å². The summed E-state index contributed by atoms with van der Waals surface area (Å²) < 4.78 is 14.5. The Morgan fingerprint density at radius 3 is 2.32 bits per heavy atom. The number of rotatable bonds is 6. The van der Waals surface area contributed by atoms with Gasteiger partial charge in [0.15, 0.2) is 0 Å². The molecule has 0 saturated heterocycles. The summed E-state index contributed by atoms with van der Waals surface area (Å²) >= 11 is 4.55. The lowest BCUT2D eigenvalue weighted by molar-refractivity contribution is -0.118. The molecule has 2 aromatic carbocycles. The van der Waals surface area contributed by atoms with Crippen molar-refractivity contribution in [3.8, 4) is 0 Å². The first-order chi connectivity index (χ1) is 13.0. The minimum Gasteiger partial charge on any atom is -0.326 e. The zero-order valence-electron chi connectivity index (χ0n) is 16.3. The fourth-order valence-electron chi connectivity index (χ4n) is 2.39. The molecule has 0 bridgehead atoms. The molecule has 28 heavy (non-hydrogen) atoms. The molecule has 150 valence electrons. The summed E-state index contributed by atoms with van der Waals surface area (Å²) in [6.45, 7) is 7.80. The van der Waals surface area contributed by atoms with Crippen molar-refractivity contribution in [2.24, 2.45) is 5.41 Å². The number of anilines is 2. The second-order valence-electron chi connectivity index (χ2n) is 7.68. The first-order valence-corrected chi connectivity index (χ1v) is 10.5. The quantitative estimate of drug-likeness (QED) is 0.506. The number of hydrogen-bond acceptors (Lipinski definition) is 3. The van der Waals surface area contributed by atoms with Gasteiger partial charge in [0, 0.05) is 21.5 Å². The van der Waals surface area contributed by atoms with Crippen LogP contribution in [0.15, 0.2) is 51.8 Å². The molecule has 1 atom stereocenters. The molecule has 1 unspecified atom stereocenters. The summed E-state index contributed by atoms with van der Waals surface area (Å²) in [5.41, 5.74) is 0.793. The van der Waals surface area contributed by atoms with E-state index in [1.54, 1.807) is 13.0 Å². The predicted octanol–water partition coefficient (Wildman–Crippen LogP) is 6.08. The van der Waals surface area contributed by atoms with Gasteiger partial charge in [-0.3, -0.25) is 9.59 Å². The van der Waals surface area contributed by atoms with Gasteiger partial charge in [0.25, 0.3) is 0 Å². The van der Waals surface area contributed by atoms with Crippen molar-refractivity contribution in [3.63, 3.8) is 0 Å². The average molecular weight is 467 g/mol. The number of amides is 2. The topological polar surface area (TPSA) is 58.2 Å². The fourth-order valence-corrected chi connectivity index (χ4v) is 3.59. The molecule has 2 rings (SSSR count). The van der Waals surface area contributed by atoms with Crippen LogP contribution in [-0.2, 0) is 9.59 Å². The van der Waals surface area contributed by atoms with Crippen molar-refractivity contribution in [1.29, 1.82) is 0 Å². The number of benzene rings is 2. The maximum Gasteiger partial charge on any atom is 0.237 e. The Kier molecular flexibility index (Phi) is 7.66. The molecular formula is C21H24BrFN2O2S. The van der Waals surface area contributed by atoms with Crippen LogP contribution in [0.2, 0.25) is 0 Å². The third-order valence-electron chi connectivity index (χ3n) is 3.70. The number of halogens is 2. The molecule has 0 aromatic heterocycles. The van der Waals surface area contributed by atoms with E-state index in [-0.39, 0.29) is 22.9 Å². The second kappa shape index (κ2) is 9.56. The minimum absolute atomic E-state index is 0.0304. The van der Waals surface area contributed by atoms with E-state index in [4.69, 9.17) is 0 Å². The van der Waals surface area contributed by atoms with Gasteiger partial charge in [0.1, 0.15) is 5.82 Å². The summed E-state index contributed by atoms with van der Waals surface area (Å²) in [6, 6.07) is 11.8. The lowest BCUT2D eigenvalue weighted by Crippen LogP contribution is -2.23. The normalized spacial score (nSPS) is 12.4. The Morgan fingerprint density at radius 1 is 1.11 bits per heavy atom. The number of carbonyl (C=O) groups is 2. The Balaban J connectivity index is 1.92. The zero-order chi connectivity index (χ0) is 20.9. The molecule has 2 amide bonds. The molecule has 0 heterocycles. The van der Waals surface area contributed by atoms with Crippen molar-refractivity contribution in [3.05, 3.63) is 52.8 Å². The molecule has 0 saturated carbocycles. The van der Waals surface area contributed by atoms with Crippen LogP contribution in [0.3, 0.4) is 0 Å². The second-order valence-corrected chi connectivity index (χ2v) is 10.0. The number of carbonyl (C=O) groups excluding carboxylic acids is 2. The van der Waals surface area contributed by atoms with E-state index < -0.39 is 11.1 Å². The molecule has 2 N–H and O–H groups in total. The summed E-state index contributed by atoms with van der Waals surface area (Å²) in [6.07, 6.45) is 0.438. The Hall–Kier alpha value is -1.86. The minimum atomic E-state index is -0.490. The Bertz CT molecular complexity index is 850. The average Bonchev–Trinajstić information content (AvgIpc) is 2.57. The highest BCUT2D eigenvalue weighted by molar-refractivity contribution is 9.10. The van der Waals surface area contributed by atoms with Gasteiger partial charge in [0.2, 0.25) is 11.8 Å². The zero-order valence-corrected chi connectivity index (χ0v) is 18.7. The SMILES string of the molecule is CC(Sc1ccc(NC(=O)CC(C)(C)C)cc1)C(=O)Nc1ccc(Br)cc1F. The van der Waals surface area contributed by atoms with Crippen LogP contribution in [-0.4, -0.2) is 17.1 Å². The smallest absolute Gasteiger partial charge is 0.237 e. The van der Waals surface area contributed by atoms with Crippen LogP contribution in [0, 0.1) is 11.2 Å². The van der Waals surface area contributed by atoms with Gasteiger partial charge in [-0.25, -0.2) is 4.39 Å². The van der Waals surface area contributed by atoms with Crippen LogP contribution in [0.4, 0.5) is 15.8 Å². The largest absolute Gasteiger partial charge is 0.326 e. The monoisotopic (exact) mass is 466 g/mol. The van der Waals surface area contributed by atoms with Crippen LogP contribution < -0.4 is 10.6 Å². The first kappa shape index (κ1) is 22.4. The van der Waals surface area contributed by atoms with E-state index in [9.17, 15) is 14.0 Å². The third kappa shape index (κ3) is 7.28. The number of nitrogens with one attached hydrogen (secondary N) is 2. The highest BCUT2D eigenvalue weighted by Gasteiger charge is 2.17. The van der Waals surface area contributed by atoms with Gasteiger partial charge in [-0.1, -0.05) is 36.7 Å². The van der Waals surface area contributed by atoms with Crippen LogP contribution >= 0.6 is 27.7 Å². The Labute approximate surface area is 177 Å². The van der Waals surface area contributed by atoms with Crippen molar-refractivity contribution >= 4 is 50.9 Å². The highest BCUT2D eigenvalue weighted by atomic mass is 79.9. The van der Waals surface area contributed by atoms with Gasteiger partial charge >= 0.3 is 0 Å². The van der Waals surface area contributed by atoms with E-state index in [0.717, 1.165) is 4.90 Å².